The molecule has 0 atom stereocenters. The monoisotopic (exact) mass is 245 g/mol. The van der Waals surface area contributed by atoms with Gasteiger partial charge in [0, 0.05) is 0 Å². The van der Waals surface area contributed by atoms with Gasteiger partial charge in [-0.1, -0.05) is 0 Å². The normalized spacial score (nSPS) is 9.73. The summed E-state index contributed by atoms with van der Waals surface area (Å²) < 4.78 is 5.00. The number of ether oxygens (including phenoxy) is 1. The summed E-state index contributed by atoms with van der Waals surface area (Å²) in [5.74, 6) is 0.407. The topological polar surface area (TPSA) is 67.9 Å². The molecule has 0 saturated heterocycles. The average Bonchev–Trinajstić information content (AvgIpc) is 2.16. The molecule has 0 aliphatic rings. The van der Waals surface area contributed by atoms with Crippen molar-refractivity contribution in [2.45, 2.75) is 5.16 Å². The summed E-state index contributed by atoms with van der Waals surface area (Å²) in [5, 5.41) is 0.651. The minimum Gasteiger partial charge on any atom is -0.494 e. The highest BCUT2D eigenvalue weighted by molar-refractivity contribution is 7.80. The maximum atomic E-state index is 11.5. The number of nitrogens with one attached hydrogen (secondary N) is 1. The molecule has 80 valence electrons. The minimum atomic E-state index is -0.278. The third kappa shape index (κ3) is 2.05. The van der Waals surface area contributed by atoms with Gasteiger partial charge in [0.2, 0.25) is 0 Å². The number of pyridine rings is 1. The zero-order valence-electron chi connectivity index (χ0n) is 7.72. The number of methoxy groups -OCH3 is 1. The Hall–Kier alpha value is -1.27. The van der Waals surface area contributed by atoms with Crippen LogP contribution in [0.1, 0.15) is 0 Å². The molecule has 15 heavy (non-hydrogen) atoms. The summed E-state index contributed by atoms with van der Waals surface area (Å²) >= 11 is 3.96. The third-order valence-electron chi connectivity index (χ3n) is 1.79. The Labute approximate surface area is 96.7 Å². The van der Waals surface area contributed by atoms with E-state index in [1.807, 2.05) is 0 Å². The van der Waals surface area contributed by atoms with Crippen molar-refractivity contribution < 1.29 is 4.74 Å². The van der Waals surface area contributed by atoms with Gasteiger partial charge >= 0.3 is 0 Å². The number of fused-ring (bicyclic) bond motifs is 1. The number of hydrogen-bond acceptors (Lipinski definition) is 5. The first-order valence-corrected chi connectivity index (χ1v) is 4.28. The number of aromatic amines is 1. The summed E-state index contributed by atoms with van der Waals surface area (Å²) in [6.45, 7) is 0. The molecule has 5 nitrogen and oxygen atoms in total. The van der Waals surface area contributed by atoms with Crippen LogP contribution in [0.2, 0.25) is 0 Å². The molecule has 0 aliphatic carbocycles. The zero-order valence-corrected chi connectivity index (χ0v) is 9.43. The lowest BCUT2D eigenvalue weighted by Gasteiger charge is -2.02. The van der Waals surface area contributed by atoms with Gasteiger partial charge < -0.3 is 9.72 Å². The molecule has 0 aliphatic heterocycles. The van der Waals surface area contributed by atoms with Crippen LogP contribution in [0.25, 0.3) is 10.9 Å². The smallest absolute Gasteiger partial charge is 0.263 e. The standard InChI is InChI=1S/C8H7N3O2S.ClH/c1-13-5-3-9-2-4-6(5)7(12)11-8(14)10-4;/h2-3H,1H3,(H2,10,11,12,14);1H. The summed E-state index contributed by atoms with van der Waals surface area (Å²) in [6, 6.07) is 0. The second kappa shape index (κ2) is 4.50. The fraction of sp³-hybridized carbons (Fsp3) is 0.125. The summed E-state index contributed by atoms with van der Waals surface area (Å²) in [6.07, 6.45) is 2.96. The Bertz CT molecular complexity index is 543. The Kier molecular flexibility index (Phi) is 3.54. The number of nitrogens with zero attached hydrogens (tertiary/aromatic N) is 2. The van der Waals surface area contributed by atoms with Crippen LogP contribution in [0.4, 0.5) is 0 Å². The van der Waals surface area contributed by atoms with E-state index in [1.54, 1.807) is 0 Å². The molecule has 0 amide bonds. The van der Waals surface area contributed by atoms with Crippen LogP contribution in [0.5, 0.6) is 5.75 Å². The van der Waals surface area contributed by atoms with Crippen LogP contribution in [0, 0.1) is 0 Å². The summed E-state index contributed by atoms with van der Waals surface area (Å²) in [7, 11) is 1.48. The number of rotatable bonds is 1. The lowest BCUT2D eigenvalue weighted by atomic mass is 10.3. The maximum absolute atomic E-state index is 11.5. The van der Waals surface area contributed by atoms with Gasteiger partial charge in [0.1, 0.15) is 10.9 Å². The molecule has 2 aromatic rings. The van der Waals surface area contributed by atoms with Gasteiger partial charge in [0.15, 0.2) is 10.9 Å². The zero-order chi connectivity index (χ0) is 10.1. The van der Waals surface area contributed by atoms with Crippen molar-refractivity contribution >= 4 is 35.9 Å². The van der Waals surface area contributed by atoms with Gasteiger partial charge in [-0.2, -0.15) is 0 Å². The fourth-order valence-electron chi connectivity index (χ4n) is 1.20. The summed E-state index contributed by atoms with van der Waals surface area (Å²) in [4.78, 5) is 21.9. The van der Waals surface area contributed by atoms with Gasteiger partial charge in [-0.05, 0) is 0 Å². The number of halogens is 1. The van der Waals surface area contributed by atoms with Crippen LogP contribution in [0.15, 0.2) is 22.3 Å². The first kappa shape index (κ1) is 11.8. The van der Waals surface area contributed by atoms with Crippen molar-refractivity contribution in [1.82, 2.24) is 15.0 Å². The molecule has 2 heterocycles. The SMILES string of the molecule is COc1cncc2nc(S)[nH]c(=O)c12.Cl. The highest BCUT2D eigenvalue weighted by Gasteiger charge is 2.07. The predicted octanol–water partition coefficient (Wildman–Crippen LogP) is 1.04. The van der Waals surface area contributed by atoms with Gasteiger partial charge in [0.25, 0.3) is 5.56 Å². The van der Waals surface area contributed by atoms with Gasteiger partial charge in [0.05, 0.1) is 19.5 Å². The Balaban J connectivity index is 0.00000112. The molecular weight excluding hydrogens is 238 g/mol. The maximum Gasteiger partial charge on any atom is 0.263 e. The van der Waals surface area contributed by atoms with Crippen LogP contribution in [-0.4, -0.2) is 22.1 Å². The fourth-order valence-corrected chi connectivity index (χ4v) is 1.41. The van der Waals surface area contributed by atoms with Gasteiger partial charge in [-0.25, -0.2) is 4.98 Å². The largest absolute Gasteiger partial charge is 0.494 e. The molecule has 0 spiro atoms. The van der Waals surface area contributed by atoms with Crippen molar-refractivity contribution in [3.8, 4) is 5.75 Å². The molecule has 0 unspecified atom stereocenters. The highest BCUT2D eigenvalue weighted by atomic mass is 35.5. The number of hydrogen-bond donors (Lipinski definition) is 2. The molecule has 2 rings (SSSR count). The van der Waals surface area contributed by atoms with E-state index in [0.29, 0.717) is 16.7 Å². The summed E-state index contributed by atoms with van der Waals surface area (Å²) in [5.41, 5.74) is 0.192. The van der Waals surface area contributed by atoms with Crippen molar-refractivity contribution in [2.24, 2.45) is 0 Å². The lowest BCUT2D eigenvalue weighted by Crippen LogP contribution is -2.09. The van der Waals surface area contributed by atoms with Gasteiger partial charge in [-0.15, -0.1) is 25.0 Å². The number of thiol groups is 1. The molecule has 0 fully saturated rings. The van der Waals surface area contributed by atoms with Crippen LogP contribution in [0.3, 0.4) is 0 Å². The van der Waals surface area contributed by atoms with E-state index in [0.717, 1.165) is 0 Å². The van der Waals surface area contributed by atoms with E-state index < -0.39 is 0 Å². The first-order valence-electron chi connectivity index (χ1n) is 3.83. The van der Waals surface area contributed by atoms with E-state index in [1.165, 1.54) is 19.5 Å². The molecule has 0 radical (unpaired) electrons. The number of H-pyrrole nitrogens is 1. The van der Waals surface area contributed by atoms with Crippen molar-refractivity contribution in [2.75, 3.05) is 7.11 Å². The Morgan fingerprint density at radius 3 is 2.87 bits per heavy atom. The second-order valence-corrected chi connectivity index (χ2v) is 3.05. The minimum absolute atomic E-state index is 0. The van der Waals surface area contributed by atoms with E-state index in [4.69, 9.17) is 4.74 Å². The molecular formula is C8H8ClN3O2S. The first-order chi connectivity index (χ1) is 6.72. The van der Waals surface area contributed by atoms with Crippen molar-refractivity contribution in [1.29, 1.82) is 0 Å². The molecule has 0 saturated carbocycles. The van der Waals surface area contributed by atoms with E-state index in [-0.39, 0.29) is 23.1 Å². The van der Waals surface area contributed by atoms with E-state index in [9.17, 15) is 4.79 Å². The van der Waals surface area contributed by atoms with Crippen molar-refractivity contribution in [3.63, 3.8) is 0 Å². The van der Waals surface area contributed by atoms with Crippen molar-refractivity contribution in [3.05, 3.63) is 22.7 Å². The molecule has 0 aromatic carbocycles. The molecule has 7 heteroatoms. The Morgan fingerprint density at radius 1 is 1.47 bits per heavy atom. The molecule has 1 N–H and O–H groups in total. The number of aromatic nitrogens is 3. The Morgan fingerprint density at radius 2 is 2.20 bits per heavy atom. The average molecular weight is 246 g/mol. The molecule has 0 bridgehead atoms. The van der Waals surface area contributed by atoms with Crippen LogP contribution in [-0.2, 0) is 0 Å². The lowest BCUT2D eigenvalue weighted by molar-refractivity contribution is 0.417. The highest BCUT2D eigenvalue weighted by Crippen LogP contribution is 2.18. The third-order valence-corrected chi connectivity index (χ3v) is 2.00. The molecule has 2 aromatic heterocycles. The quantitative estimate of drug-likeness (QED) is 0.582. The van der Waals surface area contributed by atoms with E-state index in [2.05, 4.69) is 27.6 Å². The van der Waals surface area contributed by atoms with E-state index >= 15 is 0 Å². The van der Waals surface area contributed by atoms with Crippen LogP contribution < -0.4 is 10.3 Å². The predicted molar refractivity (Wildman–Crippen MR) is 61.2 cm³/mol. The van der Waals surface area contributed by atoms with Gasteiger partial charge in [-0.3, -0.25) is 9.78 Å². The van der Waals surface area contributed by atoms with Crippen LogP contribution >= 0.6 is 25.0 Å². The second-order valence-electron chi connectivity index (χ2n) is 2.63.